The number of nitrogens with zero attached hydrogens (tertiary/aromatic N) is 3. The maximum Gasteiger partial charge on any atom is 0.161 e. The number of likely N-dealkylation sites (N-methyl/N-ethyl adjacent to an activating group) is 1. The van der Waals surface area contributed by atoms with Gasteiger partial charge in [-0.25, -0.2) is 9.97 Å². The Morgan fingerprint density at radius 2 is 1.94 bits per heavy atom. The summed E-state index contributed by atoms with van der Waals surface area (Å²) < 4.78 is 11.3. The molecule has 35 heavy (non-hydrogen) atoms. The van der Waals surface area contributed by atoms with Crippen molar-refractivity contribution in [3.05, 3.63) is 45.9 Å². The minimum absolute atomic E-state index is 0.135. The van der Waals surface area contributed by atoms with Gasteiger partial charge in [0.15, 0.2) is 5.82 Å². The van der Waals surface area contributed by atoms with Crippen molar-refractivity contribution in [1.29, 1.82) is 0 Å². The number of halogens is 1. The third-order valence-electron chi connectivity index (χ3n) is 6.80. The predicted octanol–water partition coefficient (Wildman–Crippen LogP) is 5.46. The quantitative estimate of drug-likeness (QED) is 0.404. The van der Waals surface area contributed by atoms with Gasteiger partial charge in [-0.2, -0.15) is 0 Å². The molecule has 7 nitrogen and oxygen atoms in total. The maximum absolute atomic E-state index is 10.0. The van der Waals surface area contributed by atoms with E-state index < -0.39 is 6.10 Å². The van der Waals surface area contributed by atoms with Crippen molar-refractivity contribution in [3.63, 3.8) is 0 Å². The molecule has 1 fully saturated rings. The van der Waals surface area contributed by atoms with Crippen LogP contribution in [0.25, 0.3) is 22.6 Å². The molecule has 0 aliphatic heterocycles. The van der Waals surface area contributed by atoms with Crippen LogP contribution in [0, 0.1) is 26.7 Å². The summed E-state index contributed by atoms with van der Waals surface area (Å²) in [6.07, 6.45) is 6.63. The van der Waals surface area contributed by atoms with Crippen LogP contribution >= 0.6 is 11.6 Å². The highest BCUT2D eigenvalue weighted by Crippen LogP contribution is 2.38. The van der Waals surface area contributed by atoms with Gasteiger partial charge in [0.1, 0.15) is 24.2 Å². The molecule has 1 aliphatic carbocycles. The van der Waals surface area contributed by atoms with Gasteiger partial charge >= 0.3 is 0 Å². The highest BCUT2D eigenvalue weighted by Gasteiger charge is 2.24. The third-order valence-corrected chi connectivity index (χ3v) is 7.19. The number of aliphatic hydroxyl groups excluding tert-OH is 1. The second-order valence-corrected chi connectivity index (χ2v) is 9.89. The van der Waals surface area contributed by atoms with E-state index >= 15 is 0 Å². The molecule has 1 unspecified atom stereocenters. The Labute approximate surface area is 212 Å². The molecular weight excluding hydrogens is 464 g/mol. The number of hydrogen-bond acceptors (Lipinski definition) is 7. The molecular formula is C27H35ClN4O3. The van der Waals surface area contributed by atoms with Crippen LogP contribution in [0.5, 0.6) is 5.75 Å². The van der Waals surface area contributed by atoms with Crippen LogP contribution in [0.2, 0.25) is 5.02 Å². The van der Waals surface area contributed by atoms with E-state index in [4.69, 9.17) is 30.8 Å². The molecule has 0 bridgehead atoms. The molecule has 1 atom stereocenters. The van der Waals surface area contributed by atoms with E-state index in [1.165, 1.54) is 32.1 Å². The van der Waals surface area contributed by atoms with Gasteiger partial charge in [0, 0.05) is 17.8 Å². The standard InChI is InChI=1S/C27H35ClN4O3/c1-16-22(13-19-9-6-5-7-10-19)30-27(31-26(16)24-17(2)32-35-18(24)3)21-11-8-12-23(25(21)28)34-15-20(33)14-29-4/h8,11-12,19-20,29,33H,5-7,9-10,13-15H2,1-4H3. The van der Waals surface area contributed by atoms with Gasteiger partial charge in [-0.05, 0) is 57.9 Å². The Bertz CT molecular complexity index is 1140. The first kappa shape index (κ1) is 25.6. The van der Waals surface area contributed by atoms with Gasteiger partial charge in [0.2, 0.25) is 0 Å². The smallest absolute Gasteiger partial charge is 0.161 e. The van der Waals surface area contributed by atoms with E-state index in [2.05, 4.69) is 17.4 Å². The first-order valence-corrected chi connectivity index (χ1v) is 12.8. The molecule has 0 radical (unpaired) electrons. The van der Waals surface area contributed by atoms with Gasteiger partial charge < -0.3 is 19.7 Å². The van der Waals surface area contributed by atoms with Crippen molar-refractivity contribution in [2.45, 2.75) is 65.4 Å². The topological polar surface area (TPSA) is 93.3 Å². The van der Waals surface area contributed by atoms with Gasteiger partial charge in [-0.1, -0.05) is 54.9 Å². The Morgan fingerprint density at radius 3 is 2.63 bits per heavy atom. The molecule has 3 aromatic rings. The summed E-state index contributed by atoms with van der Waals surface area (Å²) in [4.78, 5) is 10.0. The van der Waals surface area contributed by atoms with Crippen molar-refractivity contribution in [1.82, 2.24) is 20.4 Å². The zero-order chi connectivity index (χ0) is 24.9. The van der Waals surface area contributed by atoms with E-state index in [1.807, 2.05) is 26.0 Å². The van der Waals surface area contributed by atoms with Crippen LogP contribution in [0.4, 0.5) is 0 Å². The highest BCUT2D eigenvalue weighted by atomic mass is 35.5. The minimum Gasteiger partial charge on any atom is -0.489 e. The normalized spacial score (nSPS) is 15.4. The summed E-state index contributed by atoms with van der Waals surface area (Å²) in [5, 5.41) is 17.6. The number of benzene rings is 1. The van der Waals surface area contributed by atoms with Crippen molar-refractivity contribution in [2.24, 2.45) is 5.92 Å². The van der Waals surface area contributed by atoms with E-state index in [0.29, 0.717) is 34.6 Å². The van der Waals surface area contributed by atoms with E-state index in [0.717, 1.165) is 40.4 Å². The number of hydrogen-bond donors (Lipinski definition) is 2. The second kappa shape index (κ2) is 11.5. The molecule has 1 saturated carbocycles. The lowest BCUT2D eigenvalue weighted by Crippen LogP contribution is -2.29. The number of aliphatic hydroxyl groups is 1. The van der Waals surface area contributed by atoms with E-state index in [9.17, 15) is 5.11 Å². The van der Waals surface area contributed by atoms with Crippen molar-refractivity contribution in [2.75, 3.05) is 20.2 Å². The number of ether oxygens (including phenoxy) is 1. The average Bonchev–Trinajstić information content (AvgIpc) is 3.18. The zero-order valence-corrected chi connectivity index (χ0v) is 21.8. The van der Waals surface area contributed by atoms with Gasteiger partial charge in [-0.3, -0.25) is 0 Å². The van der Waals surface area contributed by atoms with E-state index in [1.54, 1.807) is 13.1 Å². The summed E-state index contributed by atoms with van der Waals surface area (Å²) in [6.45, 7) is 6.51. The SMILES string of the molecule is CNCC(O)COc1cccc(-c2nc(CC3CCCCC3)c(C)c(-c3c(C)noc3C)n2)c1Cl. The first-order valence-electron chi connectivity index (χ1n) is 12.4. The van der Waals surface area contributed by atoms with Crippen molar-refractivity contribution >= 4 is 11.6 Å². The fraction of sp³-hybridized carbons (Fsp3) is 0.519. The fourth-order valence-corrected chi connectivity index (χ4v) is 5.15. The molecule has 0 spiro atoms. The summed E-state index contributed by atoms with van der Waals surface area (Å²) in [5.41, 5.74) is 5.36. The molecule has 1 aliphatic rings. The monoisotopic (exact) mass is 498 g/mol. The lowest BCUT2D eigenvalue weighted by Gasteiger charge is -2.23. The Morgan fingerprint density at radius 1 is 1.17 bits per heavy atom. The molecule has 2 N–H and O–H groups in total. The maximum atomic E-state index is 10.0. The molecule has 2 aromatic heterocycles. The van der Waals surface area contributed by atoms with Crippen LogP contribution < -0.4 is 10.1 Å². The lowest BCUT2D eigenvalue weighted by molar-refractivity contribution is 0.108. The predicted molar refractivity (Wildman–Crippen MR) is 138 cm³/mol. The van der Waals surface area contributed by atoms with Gasteiger partial charge in [0.05, 0.1) is 22.0 Å². The van der Waals surface area contributed by atoms with Crippen LogP contribution in [0.3, 0.4) is 0 Å². The Balaban J connectivity index is 1.76. The molecule has 1 aromatic carbocycles. The number of aryl methyl sites for hydroxylation is 2. The largest absolute Gasteiger partial charge is 0.489 e. The van der Waals surface area contributed by atoms with Crippen LogP contribution in [-0.4, -0.2) is 46.5 Å². The highest BCUT2D eigenvalue weighted by molar-refractivity contribution is 6.34. The zero-order valence-electron chi connectivity index (χ0n) is 21.0. The number of rotatable bonds is 9. The number of nitrogens with one attached hydrogen (secondary N) is 1. The summed E-state index contributed by atoms with van der Waals surface area (Å²) in [7, 11) is 1.78. The van der Waals surface area contributed by atoms with Gasteiger partial charge in [-0.15, -0.1) is 0 Å². The van der Waals surface area contributed by atoms with Crippen LogP contribution in [0.1, 0.15) is 54.8 Å². The molecule has 0 amide bonds. The van der Waals surface area contributed by atoms with Crippen LogP contribution in [0.15, 0.2) is 22.7 Å². The molecule has 4 rings (SSSR count). The lowest BCUT2D eigenvalue weighted by atomic mass is 9.85. The minimum atomic E-state index is -0.636. The second-order valence-electron chi connectivity index (χ2n) is 9.52. The van der Waals surface area contributed by atoms with E-state index in [-0.39, 0.29) is 6.61 Å². The molecule has 2 heterocycles. The Kier molecular flexibility index (Phi) is 8.42. The van der Waals surface area contributed by atoms with Crippen molar-refractivity contribution < 1.29 is 14.4 Å². The Hall–Kier alpha value is -2.48. The molecule has 8 heteroatoms. The fourth-order valence-electron chi connectivity index (χ4n) is 4.89. The molecule has 0 saturated heterocycles. The molecule has 188 valence electrons. The van der Waals surface area contributed by atoms with Gasteiger partial charge in [0.25, 0.3) is 0 Å². The van der Waals surface area contributed by atoms with Crippen LogP contribution in [-0.2, 0) is 6.42 Å². The third kappa shape index (κ3) is 5.85. The van der Waals surface area contributed by atoms with Crippen molar-refractivity contribution in [3.8, 4) is 28.4 Å². The summed E-state index contributed by atoms with van der Waals surface area (Å²) in [5.74, 6) is 2.42. The average molecular weight is 499 g/mol. The number of aromatic nitrogens is 3. The first-order chi connectivity index (χ1) is 16.9. The summed E-state index contributed by atoms with van der Waals surface area (Å²) >= 11 is 6.79. The summed E-state index contributed by atoms with van der Waals surface area (Å²) in [6, 6.07) is 5.58.